The van der Waals surface area contributed by atoms with Crippen LogP contribution >= 0.6 is 0 Å². The lowest BCUT2D eigenvalue weighted by Crippen LogP contribution is -2.32. The summed E-state index contributed by atoms with van der Waals surface area (Å²) < 4.78 is 7.07. The molecule has 1 N–H and O–H groups in total. The Bertz CT molecular complexity index is 1270. The lowest BCUT2D eigenvalue weighted by molar-refractivity contribution is -0.112. The van der Waals surface area contributed by atoms with Crippen LogP contribution in [-0.2, 0) is 11.2 Å². The van der Waals surface area contributed by atoms with Crippen LogP contribution in [0.1, 0.15) is 31.1 Å². The highest BCUT2D eigenvalue weighted by Gasteiger charge is 2.12. The number of aryl methyl sites for hydroxylation is 1. The van der Waals surface area contributed by atoms with Gasteiger partial charge in [-0.15, -0.1) is 0 Å². The van der Waals surface area contributed by atoms with Crippen molar-refractivity contribution in [2.75, 3.05) is 5.43 Å². The summed E-state index contributed by atoms with van der Waals surface area (Å²) >= 11 is 0. The van der Waals surface area contributed by atoms with Crippen molar-refractivity contribution in [2.24, 2.45) is 0 Å². The number of hydrogen-bond donors (Lipinski definition) is 1. The van der Waals surface area contributed by atoms with E-state index in [4.69, 9.17) is 4.42 Å². The smallest absolute Gasteiger partial charge is 0.280 e. The first-order valence-electron chi connectivity index (χ1n) is 9.63. The number of hydrogen-bond acceptors (Lipinski definition) is 4. The van der Waals surface area contributed by atoms with Crippen molar-refractivity contribution in [1.82, 2.24) is 9.66 Å². The van der Waals surface area contributed by atoms with Gasteiger partial charge in [-0.1, -0.05) is 43.7 Å². The summed E-state index contributed by atoms with van der Waals surface area (Å²) in [6.45, 7) is 2.13. The maximum absolute atomic E-state index is 12.5. The average molecular weight is 387 g/mol. The molecule has 0 aliphatic carbocycles. The number of amides is 1. The number of benzene rings is 2. The fourth-order valence-corrected chi connectivity index (χ4v) is 3.29. The van der Waals surface area contributed by atoms with E-state index < -0.39 is 5.91 Å². The summed E-state index contributed by atoms with van der Waals surface area (Å²) in [7, 11) is 0. The van der Waals surface area contributed by atoms with Crippen LogP contribution in [0, 0.1) is 0 Å². The maximum atomic E-state index is 12.5. The van der Waals surface area contributed by atoms with Gasteiger partial charge in [-0.25, -0.2) is 9.66 Å². The maximum Gasteiger partial charge on any atom is 0.280 e. The highest BCUT2D eigenvalue weighted by atomic mass is 16.3. The average Bonchev–Trinajstić information content (AvgIpc) is 3.10. The SMILES string of the molecule is CCCCc1oc2ccccc2c1/C=C/C(=O)Nn1cnc2ccccc2c1=O. The molecule has 0 radical (unpaired) electrons. The molecule has 29 heavy (non-hydrogen) atoms. The summed E-state index contributed by atoms with van der Waals surface area (Å²) in [5.41, 5.74) is 4.52. The Hall–Kier alpha value is -3.67. The highest BCUT2D eigenvalue weighted by Crippen LogP contribution is 2.28. The summed E-state index contributed by atoms with van der Waals surface area (Å²) in [5, 5.41) is 1.41. The van der Waals surface area contributed by atoms with E-state index in [2.05, 4.69) is 17.3 Å². The van der Waals surface area contributed by atoms with E-state index in [9.17, 15) is 9.59 Å². The van der Waals surface area contributed by atoms with Crippen LogP contribution in [0.5, 0.6) is 0 Å². The van der Waals surface area contributed by atoms with Crippen molar-refractivity contribution in [1.29, 1.82) is 0 Å². The minimum Gasteiger partial charge on any atom is -0.460 e. The number of nitrogens with zero attached hydrogens (tertiary/aromatic N) is 2. The van der Waals surface area contributed by atoms with E-state index in [1.807, 2.05) is 30.3 Å². The second kappa shape index (κ2) is 8.14. The van der Waals surface area contributed by atoms with Gasteiger partial charge in [0.2, 0.25) is 0 Å². The molecule has 0 spiro atoms. The van der Waals surface area contributed by atoms with Gasteiger partial charge in [-0.2, -0.15) is 0 Å². The predicted octanol–water partition coefficient (Wildman–Crippen LogP) is 4.27. The van der Waals surface area contributed by atoms with Crippen molar-refractivity contribution in [3.05, 3.63) is 82.6 Å². The van der Waals surface area contributed by atoms with Gasteiger partial charge in [0.15, 0.2) is 0 Å². The molecule has 0 aliphatic heterocycles. The normalized spacial score (nSPS) is 11.5. The van der Waals surface area contributed by atoms with Crippen molar-refractivity contribution in [3.63, 3.8) is 0 Å². The molecule has 2 aromatic carbocycles. The molecule has 0 aliphatic rings. The van der Waals surface area contributed by atoms with Crippen LogP contribution < -0.4 is 11.0 Å². The monoisotopic (exact) mass is 387 g/mol. The first-order valence-corrected chi connectivity index (χ1v) is 9.63. The number of furan rings is 1. The first-order chi connectivity index (χ1) is 14.2. The number of carbonyl (C=O) groups excluding carboxylic acids is 1. The van der Waals surface area contributed by atoms with Gasteiger partial charge in [-0.3, -0.25) is 15.0 Å². The van der Waals surface area contributed by atoms with E-state index in [-0.39, 0.29) is 5.56 Å². The lowest BCUT2D eigenvalue weighted by Gasteiger charge is -2.06. The number of fused-ring (bicyclic) bond motifs is 2. The summed E-state index contributed by atoms with van der Waals surface area (Å²) in [4.78, 5) is 29.2. The molecule has 6 nitrogen and oxygen atoms in total. The van der Waals surface area contributed by atoms with Crippen molar-refractivity contribution >= 4 is 33.9 Å². The summed E-state index contributed by atoms with van der Waals surface area (Å²) in [5.74, 6) is 0.442. The molecule has 2 heterocycles. The largest absolute Gasteiger partial charge is 0.460 e. The Morgan fingerprint density at radius 1 is 1.14 bits per heavy atom. The number of carbonyl (C=O) groups is 1. The molecule has 6 heteroatoms. The van der Waals surface area contributed by atoms with Gasteiger partial charge in [0.25, 0.3) is 11.5 Å². The van der Waals surface area contributed by atoms with Gasteiger partial charge in [-0.05, 0) is 30.7 Å². The lowest BCUT2D eigenvalue weighted by atomic mass is 10.1. The zero-order valence-electron chi connectivity index (χ0n) is 16.1. The predicted molar refractivity (Wildman–Crippen MR) is 114 cm³/mol. The molecule has 4 rings (SSSR count). The van der Waals surface area contributed by atoms with Crippen LogP contribution in [0.4, 0.5) is 0 Å². The Balaban J connectivity index is 1.60. The molecule has 0 fully saturated rings. The van der Waals surface area contributed by atoms with Crippen molar-refractivity contribution in [2.45, 2.75) is 26.2 Å². The second-order valence-electron chi connectivity index (χ2n) is 6.78. The number of aromatic nitrogens is 2. The minimum atomic E-state index is -0.420. The van der Waals surface area contributed by atoms with Gasteiger partial charge >= 0.3 is 0 Å². The second-order valence-corrected chi connectivity index (χ2v) is 6.78. The number of nitrogens with one attached hydrogen (secondary N) is 1. The number of unbranched alkanes of at least 4 members (excludes halogenated alkanes) is 1. The molecule has 0 bridgehead atoms. The molecule has 4 aromatic rings. The number of para-hydroxylation sites is 2. The van der Waals surface area contributed by atoms with Crippen molar-refractivity contribution < 1.29 is 9.21 Å². The first kappa shape index (κ1) is 18.7. The third-order valence-corrected chi connectivity index (χ3v) is 4.77. The Kier molecular flexibility index (Phi) is 5.24. The Morgan fingerprint density at radius 2 is 1.90 bits per heavy atom. The zero-order valence-corrected chi connectivity index (χ0v) is 16.1. The molecule has 0 unspecified atom stereocenters. The fraction of sp³-hybridized carbons (Fsp3) is 0.174. The fourth-order valence-electron chi connectivity index (χ4n) is 3.29. The summed E-state index contributed by atoms with van der Waals surface area (Å²) in [6.07, 6.45) is 7.33. The molecule has 0 saturated carbocycles. The van der Waals surface area contributed by atoms with E-state index in [1.165, 1.54) is 12.4 Å². The van der Waals surface area contributed by atoms with Crippen LogP contribution in [0.2, 0.25) is 0 Å². The van der Waals surface area contributed by atoms with E-state index in [0.717, 1.165) is 46.2 Å². The van der Waals surface area contributed by atoms with Crippen LogP contribution in [0.25, 0.3) is 27.9 Å². The Morgan fingerprint density at radius 3 is 2.72 bits per heavy atom. The Labute approximate surface area is 167 Å². The molecular formula is C23H21N3O3. The molecule has 1 amide bonds. The van der Waals surface area contributed by atoms with Gasteiger partial charge in [0.05, 0.1) is 10.9 Å². The molecular weight excluding hydrogens is 366 g/mol. The molecule has 0 saturated heterocycles. The quantitative estimate of drug-likeness (QED) is 0.501. The zero-order chi connectivity index (χ0) is 20.2. The van der Waals surface area contributed by atoms with E-state index in [1.54, 1.807) is 24.3 Å². The highest BCUT2D eigenvalue weighted by molar-refractivity contribution is 6.00. The van der Waals surface area contributed by atoms with Gasteiger partial charge in [0, 0.05) is 23.4 Å². The van der Waals surface area contributed by atoms with E-state index >= 15 is 0 Å². The van der Waals surface area contributed by atoms with Crippen LogP contribution in [0.3, 0.4) is 0 Å². The van der Waals surface area contributed by atoms with Gasteiger partial charge < -0.3 is 4.42 Å². The number of rotatable bonds is 6. The van der Waals surface area contributed by atoms with Crippen molar-refractivity contribution in [3.8, 4) is 0 Å². The third-order valence-electron chi connectivity index (χ3n) is 4.77. The van der Waals surface area contributed by atoms with Gasteiger partial charge in [0.1, 0.15) is 17.7 Å². The third kappa shape index (κ3) is 3.82. The minimum absolute atomic E-state index is 0.324. The molecule has 0 atom stereocenters. The van der Waals surface area contributed by atoms with E-state index in [0.29, 0.717) is 10.9 Å². The summed E-state index contributed by atoms with van der Waals surface area (Å²) in [6, 6.07) is 14.8. The topological polar surface area (TPSA) is 77.1 Å². The van der Waals surface area contributed by atoms with Crippen LogP contribution in [0.15, 0.2) is 70.1 Å². The van der Waals surface area contributed by atoms with Crippen LogP contribution in [-0.4, -0.2) is 15.6 Å². The molecule has 2 aromatic heterocycles. The molecule has 146 valence electrons. The standard InChI is InChI=1S/C23H21N3O3/c1-2-3-11-20-17(16-8-5-7-12-21(16)29-20)13-14-22(27)25-26-15-24-19-10-6-4-9-18(19)23(26)28/h4-10,12-15H,2-3,11H2,1H3,(H,25,27)/b14-13+.